The molecule has 6 heterocycles. The number of aromatic amines is 1. The van der Waals surface area contributed by atoms with Crippen LogP contribution in [0.3, 0.4) is 0 Å². The van der Waals surface area contributed by atoms with Crippen LogP contribution in [0.4, 0.5) is 10.6 Å². The van der Waals surface area contributed by atoms with Crippen LogP contribution in [0.25, 0.3) is 27.7 Å². The van der Waals surface area contributed by atoms with E-state index in [4.69, 9.17) is 14.5 Å². The fourth-order valence-corrected chi connectivity index (χ4v) is 5.64. The molecule has 2 fully saturated rings. The number of carboxylic acid groups (broad SMARTS) is 1. The number of nitrogens with one attached hydrogen (secondary N) is 2. The number of piperidine rings is 1. The quantitative estimate of drug-likeness (QED) is 0.336. The predicted molar refractivity (Wildman–Crippen MR) is 142 cm³/mol. The smallest absolute Gasteiger partial charge is 0.405 e. The van der Waals surface area contributed by atoms with Crippen LogP contribution >= 0.6 is 0 Å². The minimum Gasteiger partial charge on any atom is -0.492 e. The van der Waals surface area contributed by atoms with Gasteiger partial charge in [-0.1, -0.05) is 0 Å². The van der Waals surface area contributed by atoms with Gasteiger partial charge in [0.1, 0.15) is 11.6 Å². The summed E-state index contributed by atoms with van der Waals surface area (Å²) in [5.74, 6) is 1.61. The lowest BCUT2D eigenvalue weighted by Gasteiger charge is -2.45. The Hall–Kier alpha value is -3.90. The molecule has 200 valence electrons. The van der Waals surface area contributed by atoms with Crippen LogP contribution in [0.5, 0.6) is 5.75 Å². The molecule has 1 amide bonds. The molecule has 0 aromatic carbocycles. The molecule has 0 bridgehead atoms. The largest absolute Gasteiger partial charge is 0.492 e. The summed E-state index contributed by atoms with van der Waals surface area (Å²) in [6, 6.07) is 6.11. The van der Waals surface area contributed by atoms with E-state index in [1.165, 1.54) is 0 Å². The number of ether oxygens (including phenoxy) is 2. The van der Waals surface area contributed by atoms with Gasteiger partial charge in [0.15, 0.2) is 5.65 Å². The Morgan fingerprint density at radius 3 is 2.74 bits per heavy atom. The maximum absolute atomic E-state index is 11.6. The van der Waals surface area contributed by atoms with E-state index >= 15 is 0 Å². The van der Waals surface area contributed by atoms with Crippen LogP contribution in [0, 0.1) is 0 Å². The lowest BCUT2D eigenvalue weighted by Crippen LogP contribution is -2.61. The third-order valence-electron chi connectivity index (χ3n) is 7.52. The highest BCUT2D eigenvalue weighted by Gasteiger charge is 2.38. The van der Waals surface area contributed by atoms with Gasteiger partial charge in [-0.2, -0.15) is 5.10 Å². The van der Waals surface area contributed by atoms with Gasteiger partial charge in [-0.15, -0.1) is 5.10 Å². The van der Waals surface area contributed by atoms with E-state index in [1.807, 2.05) is 36.0 Å². The number of hydrogen-bond acceptors (Lipinski definition) is 8. The summed E-state index contributed by atoms with van der Waals surface area (Å²) in [5, 5.41) is 25.0. The maximum atomic E-state index is 11.6. The molecule has 2 saturated heterocycles. The molecule has 0 spiro atoms. The molecule has 4 aromatic heterocycles. The zero-order chi connectivity index (χ0) is 26.1. The third kappa shape index (κ3) is 4.72. The minimum atomic E-state index is -0.971. The highest BCUT2D eigenvalue weighted by molar-refractivity contribution is 6.00. The number of morpholine rings is 1. The molecule has 0 aliphatic carbocycles. The van der Waals surface area contributed by atoms with E-state index in [1.54, 1.807) is 6.20 Å². The standard InChI is InChI=1S/C26H32N8O4/c1-2-38-19-13-20(23-21-15-28-30-24(21)31-34(23)16-19)18-3-4-22(27-14-18)33-7-5-26(6-8-33,29-25(35)36)17-32-9-11-37-12-10-32/h3-4,13-16,29H,2,5-12,17H2,1H3,(H,30,31)(H,35,36). The van der Waals surface area contributed by atoms with Crippen LogP contribution in [-0.4, -0.2) is 99.0 Å². The summed E-state index contributed by atoms with van der Waals surface area (Å²) < 4.78 is 13.1. The number of hydrogen-bond donors (Lipinski definition) is 3. The first kappa shape index (κ1) is 24.4. The van der Waals surface area contributed by atoms with Gasteiger partial charge in [-0.05, 0) is 38.0 Å². The Morgan fingerprint density at radius 2 is 2.03 bits per heavy atom. The molecule has 3 N–H and O–H groups in total. The summed E-state index contributed by atoms with van der Waals surface area (Å²) >= 11 is 0. The van der Waals surface area contributed by atoms with Crippen molar-refractivity contribution in [3.05, 3.63) is 36.8 Å². The number of fused-ring (bicyclic) bond motifs is 3. The molecule has 6 rings (SSSR count). The molecule has 2 aliphatic rings. The normalized spacial score (nSPS) is 18.2. The molecule has 0 unspecified atom stereocenters. The fraction of sp³-hybridized carbons (Fsp3) is 0.462. The summed E-state index contributed by atoms with van der Waals surface area (Å²) in [6.07, 6.45) is 5.99. The number of amides is 1. The average Bonchev–Trinajstić information content (AvgIpc) is 3.51. The molecule has 2 aliphatic heterocycles. The number of aromatic nitrogens is 5. The van der Waals surface area contributed by atoms with E-state index < -0.39 is 11.6 Å². The molecular weight excluding hydrogens is 488 g/mol. The first-order valence-electron chi connectivity index (χ1n) is 13.0. The van der Waals surface area contributed by atoms with Gasteiger partial charge in [0, 0.05) is 50.0 Å². The topological polar surface area (TPSA) is 133 Å². The van der Waals surface area contributed by atoms with Crippen LogP contribution in [0.1, 0.15) is 19.8 Å². The van der Waals surface area contributed by atoms with Crippen LogP contribution < -0.4 is 15.0 Å². The van der Waals surface area contributed by atoms with Crippen molar-refractivity contribution in [2.45, 2.75) is 25.3 Å². The van der Waals surface area contributed by atoms with E-state index in [0.717, 1.165) is 59.8 Å². The Labute approximate surface area is 219 Å². The summed E-state index contributed by atoms with van der Waals surface area (Å²) in [5.41, 5.74) is 3.11. The Kier molecular flexibility index (Phi) is 6.50. The van der Waals surface area contributed by atoms with Crippen LogP contribution in [0.2, 0.25) is 0 Å². The van der Waals surface area contributed by atoms with Crippen molar-refractivity contribution >= 4 is 28.5 Å². The van der Waals surface area contributed by atoms with E-state index in [9.17, 15) is 9.90 Å². The lowest BCUT2D eigenvalue weighted by atomic mass is 9.86. The number of pyridine rings is 2. The van der Waals surface area contributed by atoms with Gasteiger partial charge >= 0.3 is 6.09 Å². The van der Waals surface area contributed by atoms with Crippen molar-refractivity contribution < 1.29 is 19.4 Å². The van der Waals surface area contributed by atoms with E-state index in [0.29, 0.717) is 44.9 Å². The van der Waals surface area contributed by atoms with Gasteiger partial charge < -0.3 is 24.8 Å². The van der Waals surface area contributed by atoms with Gasteiger partial charge in [0.25, 0.3) is 0 Å². The van der Waals surface area contributed by atoms with Crippen LogP contribution in [-0.2, 0) is 4.74 Å². The highest BCUT2D eigenvalue weighted by atomic mass is 16.5. The second kappa shape index (κ2) is 10.1. The van der Waals surface area contributed by atoms with Crippen LogP contribution in [0.15, 0.2) is 36.8 Å². The molecule has 0 radical (unpaired) electrons. The molecule has 38 heavy (non-hydrogen) atoms. The Bertz CT molecular complexity index is 1420. The van der Waals surface area contributed by atoms with Crippen molar-refractivity contribution in [2.75, 3.05) is 57.4 Å². The number of anilines is 1. The molecular formula is C26H32N8O4. The molecule has 12 heteroatoms. The minimum absolute atomic E-state index is 0.469. The predicted octanol–water partition coefficient (Wildman–Crippen LogP) is 2.61. The Morgan fingerprint density at radius 1 is 1.21 bits per heavy atom. The zero-order valence-corrected chi connectivity index (χ0v) is 21.4. The molecule has 0 atom stereocenters. The van der Waals surface area contributed by atoms with Gasteiger partial charge in [-0.3, -0.25) is 10.00 Å². The SMILES string of the molecule is CCOc1cc(-c2ccc(N3CCC(CN4CCOCC4)(NC(=O)O)CC3)nc2)c2c3cn[nH]c3nn2c1. The lowest BCUT2D eigenvalue weighted by molar-refractivity contribution is 0.0204. The third-order valence-corrected chi connectivity index (χ3v) is 7.52. The number of rotatable bonds is 7. The van der Waals surface area contributed by atoms with Gasteiger partial charge in [0.05, 0.1) is 48.7 Å². The first-order valence-corrected chi connectivity index (χ1v) is 13.0. The van der Waals surface area contributed by atoms with Crippen molar-refractivity contribution in [1.82, 2.24) is 35.0 Å². The molecule has 4 aromatic rings. The molecule has 0 saturated carbocycles. The fourth-order valence-electron chi connectivity index (χ4n) is 5.64. The van der Waals surface area contributed by atoms with E-state index in [-0.39, 0.29) is 0 Å². The summed E-state index contributed by atoms with van der Waals surface area (Å²) in [4.78, 5) is 21.0. The van der Waals surface area contributed by atoms with Crippen molar-refractivity contribution in [3.8, 4) is 16.9 Å². The Balaban J connectivity index is 1.23. The number of H-pyrrole nitrogens is 1. The number of nitrogens with zero attached hydrogens (tertiary/aromatic N) is 6. The maximum Gasteiger partial charge on any atom is 0.405 e. The average molecular weight is 521 g/mol. The second-order valence-electron chi connectivity index (χ2n) is 9.94. The van der Waals surface area contributed by atoms with Crippen molar-refractivity contribution in [3.63, 3.8) is 0 Å². The van der Waals surface area contributed by atoms with Crippen molar-refractivity contribution in [2.24, 2.45) is 0 Å². The second-order valence-corrected chi connectivity index (χ2v) is 9.94. The number of carbonyl (C=O) groups is 1. The van der Waals surface area contributed by atoms with Crippen molar-refractivity contribution in [1.29, 1.82) is 0 Å². The first-order chi connectivity index (χ1) is 18.5. The summed E-state index contributed by atoms with van der Waals surface area (Å²) in [7, 11) is 0. The monoisotopic (exact) mass is 520 g/mol. The van der Waals surface area contributed by atoms with E-state index in [2.05, 4.69) is 36.5 Å². The van der Waals surface area contributed by atoms with Gasteiger partial charge in [0.2, 0.25) is 0 Å². The molecule has 12 nitrogen and oxygen atoms in total. The zero-order valence-electron chi connectivity index (χ0n) is 21.4. The summed E-state index contributed by atoms with van der Waals surface area (Å²) in [6.45, 7) is 7.69. The highest BCUT2D eigenvalue weighted by Crippen LogP contribution is 2.34. The van der Waals surface area contributed by atoms with Gasteiger partial charge in [-0.25, -0.2) is 14.3 Å².